The minimum absolute atomic E-state index is 0.208. The molecule has 0 amide bonds. The predicted molar refractivity (Wildman–Crippen MR) is 57.3 cm³/mol. The van der Waals surface area contributed by atoms with Crippen molar-refractivity contribution >= 4 is 19.2 Å². The number of para-hydroxylation sites is 1. The maximum absolute atomic E-state index is 11.8. The molecule has 0 fully saturated rings. The second kappa shape index (κ2) is 5.40. The van der Waals surface area contributed by atoms with Crippen LogP contribution in [0.4, 0.5) is 0 Å². The van der Waals surface area contributed by atoms with Crippen molar-refractivity contribution in [1.29, 1.82) is 0 Å². The van der Waals surface area contributed by atoms with Gasteiger partial charge in [0.1, 0.15) is 5.75 Å². The van der Waals surface area contributed by atoms with Gasteiger partial charge in [0, 0.05) is 13.0 Å². The van der Waals surface area contributed by atoms with Crippen molar-refractivity contribution in [3.8, 4) is 5.75 Å². The number of benzene rings is 1. The molecule has 5 heteroatoms. The third-order valence-electron chi connectivity index (χ3n) is 1.62. The van der Waals surface area contributed by atoms with Gasteiger partial charge in [-0.15, -0.1) is 11.6 Å². The summed E-state index contributed by atoms with van der Waals surface area (Å²) in [4.78, 5) is 0. The van der Waals surface area contributed by atoms with Crippen LogP contribution in [0.15, 0.2) is 30.3 Å². The molecule has 0 heterocycles. The van der Waals surface area contributed by atoms with Gasteiger partial charge in [0.15, 0.2) is 0 Å². The highest BCUT2D eigenvalue weighted by Gasteiger charge is 2.23. The molecular weight excluding hydrogens is 223 g/mol. The van der Waals surface area contributed by atoms with Gasteiger partial charge in [0.05, 0.1) is 6.16 Å². The standard InChI is InChI=1S/C9H12ClO3P/c1-12-14(11,8-7-10)13-9-5-3-2-4-6-9/h2-6H,7-8H2,1H3. The summed E-state index contributed by atoms with van der Waals surface area (Å²) in [6.07, 6.45) is 0.208. The molecule has 1 aromatic rings. The van der Waals surface area contributed by atoms with Crippen LogP contribution in [-0.2, 0) is 9.09 Å². The lowest BCUT2D eigenvalue weighted by Gasteiger charge is -2.15. The van der Waals surface area contributed by atoms with Crippen LogP contribution in [0.1, 0.15) is 0 Å². The van der Waals surface area contributed by atoms with E-state index >= 15 is 0 Å². The predicted octanol–water partition coefficient (Wildman–Crippen LogP) is 3.14. The lowest BCUT2D eigenvalue weighted by Crippen LogP contribution is -2.01. The van der Waals surface area contributed by atoms with Gasteiger partial charge >= 0.3 is 7.60 Å². The summed E-state index contributed by atoms with van der Waals surface area (Å²) in [7, 11) is -1.70. The van der Waals surface area contributed by atoms with E-state index in [-0.39, 0.29) is 12.0 Å². The average molecular weight is 235 g/mol. The third-order valence-corrected chi connectivity index (χ3v) is 3.89. The van der Waals surface area contributed by atoms with E-state index in [1.54, 1.807) is 24.3 Å². The molecule has 1 atom stereocenters. The van der Waals surface area contributed by atoms with Crippen LogP contribution in [0.3, 0.4) is 0 Å². The molecule has 1 rings (SSSR count). The Bertz CT molecular complexity index is 315. The van der Waals surface area contributed by atoms with Crippen molar-refractivity contribution in [3.63, 3.8) is 0 Å². The number of hydrogen-bond donors (Lipinski definition) is 0. The van der Waals surface area contributed by atoms with Crippen molar-refractivity contribution in [3.05, 3.63) is 30.3 Å². The van der Waals surface area contributed by atoms with Crippen molar-refractivity contribution in [2.75, 3.05) is 19.2 Å². The minimum atomic E-state index is -3.05. The first-order valence-electron chi connectivity index (χ1n) is 4.15. The van der Waals surface area contributed by atoms with E-state index in [1.807, 2.05) is 6.07 Å². The van der Waals surface area contributed by atoms with E-state index in [1.165, 1.54) is 7.11 Å². The Morgan fingerprint density at radius 1 is 1.36 bits per heavy atom. The van der Waals surface area contributed by atoms with Crippen molar-refractivity contribution in [2.45, 2.75) is 0 Å². The van der Waals surface area contributed by atoms with Crippen LogP contribution in [-0.4, -0.2) is 19.2 Å². The number of hydrogen-bond acceptors (Lipinski definition) is 3. The topological polar surface area (TPSA) is 35.5 Å². The summed E-state index contributed by atoms with van der Waals surface area (Å²) in [5, 5.41) is 0. The fourth-order valence-electron chi connectivity index (χ4n) is 0.920. The van der Waals surface area contributed by atoms with Crippen LogP contribution < -0.4 is 4.52 Å². The van der Waals surface area contributed by atoms with E-state index in [0.29, 0.717) is 5.75 Å². The summed E-state index contributed by atoms with van der Waals surface area (Å²) in [6.45, 7) is 0. The van der Waals surface area contributed by atoms with Gasteiger partial charge in [-0.2, -0.15) is 0 Å². The molecule has 1 unspecified atom stereocenters. The van der Waals surface area contributed by atoms with Crippen LogP contribution in [0.25, 0.3) is 0 Å². The Hall–Kier alpha value is -0.500. The second-order valence-corrected chi connectivity index (χ2v) is 5.21. The molecule has 3 nitrogen and oxygen atoms in total. The van der Waals surface area contributed by atoms with Gasteiger partial charge in [-0.05, 0) is 12.1 Å². The molecule has 1 aromatic carbocycles. The van der Waals surface area contributed by atoms with Gasteiger partial charge in [0.25, 0.3) is 0 Å². The average Bonchev–Trinajstić information content (AvgIpc) is 2.20. The van der Waals surface area contributed by atoms with Gasteiger partial charge < -0.3 is 9.05 Å². The maximum Gasteiger partial charge on any atom is 0.380 e. The lowest BCUT2D eigenvalue weighted by atomic mass is 10.3. The Morgan fingerprint density at radius 2 is 2.00 bits per heavy atom. The normalized spacial score (nSPS) is 14.7. The summed E-state index contributed by atoms with van der Waals surface area (Å²) in [5.74, 6) is 0.778. The van der Waals surface area contributed by atoms with Gasteiger partial charge in [-0.25, -0.2) is 4.57 Å². The molecule has 0 saturated heterocycles. The highest BCUT2D eigenvalue weighted by Crippen LogP contribution is 2.47. The minimum Gasteiger partial charge on any atom is -0.424 e. The van der Waals surface area contributed by atoms with Crippen LogP contribution in [0.2, 0.25) is 0 Å². The van der Waals surface area contributed by atoms with E-state index in [2.05, 4.69) is 0 Å². The first kappa shape index (κ1) is 11.6. The first-order valence-corrected chi connectivity index (χ1v) is 6.42. The first-order chi connectivity index (χ1) is 6.70. The van der Waals surface area contributed by atoms with Gasteiger partial charge in [-0.3, -0.25) is 0 Å². The Morgan fingerprint density at radius 3 is 2.50 bits per heavy atom. The summed E-state index contributed by atoms with van der Waals surface area (Å²) < 4.78 is 21.9. The highest BCUT2D eigenvalue weighted by atomic mass is 35.5. The molecule has 78 valence electrons. The Labute approximate surface area is 88.5 Å². The van der Waals surface area contributed by atoms with E-state index < -0.39 is 7.60 Å². The molecule has 0 radical (unpaired) electrons. The largest absolute Gasteiger partial charge is 0.424 e. The summed E-state index contributed by atoms with van der Waals surface area (Å²) >= 11 is 5.50. The second-order valence-electron chi connectivity index (χ2n) is 2.61. The number of halogens is 1. The highest BCUT2D eigenvalue weighted by molar-refractivity contribution is 7.54. The molecule has 0 aliphatic carbocycles. The lowest BCUT2D eigenvalue weighted by molar-refractivity contribution is 0.323. The molecule has 0 saturated carbocycles. The maximum atomic E-state index is 11.8. The zero-order valence-electron chi connectivity index (χ0n) is 7.85. The molecule has 14 heavy (non-hydrogen) atoms. The molecular formula is C9H12ClO3P. The SMILES string of the molecule is COP(=O)(CCCl)Oc1ccccc1. The molecule has 0 N–H and O–H groups in total. The van der Waals surface area contributed by atoms with E-state index in [9.17, 15) is 4.57 Å². The fraction of sp³-hybridized carbons (Fsp3) is 0.333. The van der Waals surface area contributed by atoms with Crippen molar-refractivity contribution in [2.24, 2.45) is 0 Å². The van der Waals surface area contributed by atoms with Crippen LogP contribution in [0.5, 0.6) is 5.75 Å². The van der Waals surface area contributed by atoms with Crippen molar-refractivity contribution in [1.82, 2.24) is 0 Å². The summed E-state index contributed by atoms with van der Waals surface area (Å²) in [5.41, 5.74) is 0. The van der Waals surface area contributed by atoms with Gasteiger partial charge in [-0.1, -0.05) is 18.2 Å². The van der Waals surface area contributed by atoms with Crippen molar-refractivity contribution < 1.29 is 13.6 Å². The van der Waals surface area contributed by atoms with Gasteiger partial charge in [0.2, 0.25) is 0 Å². The smallest absolute Gasteiger partial charge is 0.380 e. The zero-order valence-corrected chi connectivity index (χ0v) is 9.50. The molecule has 0 aliphatic heterocycles. The van der Waals surface area contributed by atoms with Crippen LogP contribution >= 0.6 is 19.2 Å². The third kappa shape index (κ3) is 3.33. The molecule has 0 bridgehead atoms. The van der Waals surface area contributed by atoms with Crippen LogP contribution in [0, 0.1) is 0 Å². The Balaban J connectivity index is 2.71. The Kier molecular flexibility index (Phi) is 4.46. The molecule has 0 spiro atoms. The van der Waals surface area contributed by atoms with E-state index in [0.717, 1.165) is 0 Å². The number of rotatable bonds is 5. The summed E-state index contributed by atoms with van der Waals surface area (Å²) in [6, 6.07) is 8.90. The zero-order chi connectivity index (χ0) is 10.4. The quantitative estimate of drug-likeness (QED) is 0.580. The monoisotopic (exact) mass is 234 g/mol. The molecule has 0 aliphatic rings. The fourth-order valence-corrected chi connectivity index (χ4v) is 2.54. The molecule has 0 aromatic heterocycles. The number of alkyl halides is 1. The van der Waals surface area contributed by atoms with E-state index in [4.69, 9.17) is 20.6 Å².